The smallest absolute Gasteiger partial charge is 0.416 e. The van der Waals surface area contributed by atoms with Crippen LogP contribution in [0.15, 0.2) is 76.5 Å². The van der Waals surface area contributed by atoms with Crippen LogP contribution in [0.25, 0.3) is 0 Å². The summed E-state index contributed by atoms with van der Waals surface area (Å²) in [5.74, 6) is 0.0138. The molecular formula is C33H36F3N3O4S. The lowest BCUT2D eigenvalue weighted by molar-refractivity contribution is -0.151. The van der Waals surface area contributed by atoms with Crippen molar-refractivity contribution in [2.24, 2.45) is 0 Å². The minimum Gasteiger partial charge on any atom is -0.479 e. The molecule has 1 fully saturated rings. The third-order valence-corrected chi connectivity index (χ3v) is 8.96. The minimum absolute atomic E-state index is 0.0372. The van der Waals surface area contributed by atoms with Gasteiger partial charge in [-0.15, -0.1) is 0 Å². The molecule has 1 saturated heterocycles. The van der Waals surface area contributed by atoms with Gasteiger partial charge in [0.15, 0.2) is 11.9 Å². The predicted molar refractivity (Wildman–Crippen MR) is 164 cm³/mol. The van der Waals surface area contributed by atoms with E-state index in [1.54, 1.807) is 37.3 Å². The number of carbonyl (C=O) groups excluding carboxylic acids is 2. The number of ether oxygens (including phenoxy) is 2. The number of rotatable bonds is 11. The number of Topliss-reactive ketones (excluding diaryl/α,β-unsaturated/α-hetero) is 1. The van der Waals surface area contributed by atoms with Crippen molar-refractivity contribution in [3.63, 3.8) is 0 Å². The lowest BCUT2D eigenvalue weighted by Gasteiger charge is -2.36. The summed E-state index contributed by atoms with van der Waals surface area (Å²) in [5, 5.41) is 0. The number of nitrogens with zero attached hydrogens (tertiary/aromatic N) is 3. The fourth-order valence-corrected chi connectivity index (χ4v) is 6.42. The minimum atomic E-state index is -4.39. The molecule has 0 saturated carbocycles. The second kappa shape index (κ2) is 14.0. The Kier molecular flexibility index (Phi) is 10.2. The SMILES string of the molecule is CC(=O)c1ccc(OC(C)C(=O)OCCN2CCN(CCCN3c4ccccc4Sc4ccc(C(F)(F)F)cc43)CC2)cc1. The summed E-state index contributed by atoms with van der Waals surface area (Å²) in [7, 11) is 0. The molecule has 0 aromatic heterocycles. The van der Waals surface area contributed by atoms with Crippen molar-refractivity contribution >= 4 is 34.9 Å². The van der Waals surface area contributed by atoms with Crippen molar-refractivity contribution in [2.45, 2.75) is 42.3 Å². The third-order valence-electron chi connectivity index (χ3n) is 7.83. The molecule has 2 heterocycles. The first-order valence-corrected chi connectivity index (χ1v) is 15.5. The van der Waals surface area contributed by atoms with Gasteiger partial charge in [0, 0.05) is 54.6 Å². The summed E-state index contributed by atoms with van der Waals surface area (Å²) in [6.07, 6.45) is -4.36. The van der Waals surface area contributed by atoms with Gasteiger partial charge >= 0.3 is 12.1 Å². The average Bonchev–Trinajstić information content (AvgIpc) is 3.01. The molecule has 0 N–H and O–H groups in total. The number of esters is 1. The fraction of sp³-hybridized carbons (Fsp3) is 0.394. The number of benzene rings is 3. The van der Waals surface area contributed by atoms with Crippen LogP contribution in [0.2, 0.25) is 0 Å². The van der Waals surface area contributed by atoms with Crippen LogP contribution in [0.1, 0.15) is 36.2 Å². The van der Waals surface area contributed by atoms with Gasteiger partial charge in [-0.05, 0) is 81.4 Å². The maximum absolute atomic E-state index is 13.5. The first-order valence-electron chi connectivity index (χ1n) is 14.7. The van der Waals surface area contributed by atoms with E-state index in [9.17, 15) is 22.8 Å². The van der Waals surface area contributed by atoms with E-state index in [2.05, 4.69) is 9.80 Å². The van der Waals surface area contributed by atoms with Crippen LogP contribution in [0, 0.1) is 0 Å². The van der Waals surface area contributed by atoms with E-state index in [0.29, 0.717) is 30.1 Å². The highest BCUT2D eigenvalue weighted by molar-refractivity contribution is 7.99. The Morgan fingerprint density at radius 2 is 1.52 bits per heavy atom. The van der Waals surface area contributed by atoms with Crippen LogP contribution in [0.4, 0.5) is 24.5 Å². The molecular weight excluding hydrogens is 591 g/mol. The molecule has 0 radical (unpaired) electrons. The fourth-order valence-electron chi connectivity index (χ4n) is 5.35. The molecule has 1 unspecified atom stereocenters. The van der Waals surface area contributed by atoms with Gasteiger partial charge in [-0.1, -0.05) is 23.9 Å². The van der Waals surface area contributed by atoms with Gasteiger partial charge in [0.25, 0.3) is 0 Å². The Hall–Kier alpha value is -3.54. The quantitative estimate of drug-likeness (QED) is 0.176. The number of anilines is 2. The van der Waals surface area contributed by atoms with Crippen LogP contribution < -0.4 is 9.64 Å². The molecule has 234 valence electrons. The molecule has 1 atom stereocenters. The number of halogens is 3. The summed E-state index contributed by atoms with van der Waals surface area (Å²) < 4.78 is 51.6. The molecule has 0 spiro atoms. The van der Waals surface area contributed by atoms with E-state index in [1.807, 2.05) is 29.2 Å². The van der Waals surface area contributed by atoms with Gasteiger partial charge in [-0.25, -0.2) is 4.79 Å². The third kappa shape index (κ3) is 7.94. The molecule has 11 heteroatoms. The number of hydrogen-bond donors (Lipinski definition) is 0. The molecule has 44 heavy (non-hydrogen) atoms. The largest absolute Gasteiger partial charge is 0.479 e. The zero-order valence-corrected chi connectivity index (χ0v) is 25.6. The van der Waals surface area contributed by atoms with Crippen LogP contribution in [0.3, 0.4) is 0 Å². The Labute approximate surface area is 259 Å². The van der Waals surface area contributed by atoms with Crippen molar-refractivity contribution < 1.29 is 32.2 Å². The maximum atomic E-state index is 13.5. The molecule has 7 nitrogen and oxygen atoms in total. The van der Waals surface area contributed by atoms with Gasteiger partial charge in [0.1, 0.15) is 12.4 Å². The summed E-state index contributed by atoms with van der Waals surface area (Å²) in [6, 6.07) is 18.5. The number of carbonyl (C=O) groups is 2. The molecule has 2 aliphatic rings. The van der Waals surface area contributed by atoms with Crippen LogP contribution in [-0.2, 0) is 15.7 Å². The lowest BCUT2D eigenvalue weighted by atomic mass is 10.1. The molecule has 2 aliphatic heterocycles. The number of hydrogen-bond acceptors (Lipinski definition) is 8. The number of para-hydroxylation sites is 1. The first kappa shape index (κ1) is 31.9. The Balaban J connectivity index is 1.05. The normalized spacial score (nSPS) is 16.2. The van der Waals surface area contributed by atoms with Gasteiger partial charge < -0.3 is 19.3 Å². The van der Waals surface area contributed by atoms with E-state index in [1.165, 1.54) is 24.8 Å². The lowest BCUT2D eigenvalue weighted by Crippen LogP contribution is -2.48. The molecule has 3 aromatic rings. The van der Waals surface area contributed by atoms with Gasteiger partial charge in [-0.2, -0.15) is 13.2 Å². The molecule has 0 bridgehead atoms. The monoisotopic (exact) mass is 627 g/mol. The second-order valence-corrected chi connectivity index (χ2v) is 12.0. The Morgan fingerprint density at radius 1 is 0.864 bits per heavy atom. The van der Waals surface area contributed by atoms with E-state index >= 15 is 0 Å². The molecule has 0 aliphatic carbocycles. The number of fused-ring (bicyclic) bond motifs is 2. The van der Waals surface area contributed by atoms with Crippen molar-refractivity contribution in [1.29, 1.82) is 0 Å². The summed E-state index contributed by atoms with van der Waals surface area (Å²) in [6.45, 7) is 8.88. The Morgan fingerprint density at radius 3 is 2.20 bits per heavy atom. The second-order valence-electron chi connectivity index (χ2n) is 10.9. The molecule has 0 amide bonds. The van der Waals surface area contributed by atoms with Crippen LogP contribution in [0.5, 0.6) is 5.75 Å². The van der Waals surface area contributed by atoms with E-state index in [-0.39, 0.29) is 12.4 Å². The summed E-state index contributed by atoms with van der Waals surface area (Å²) >= 11 is 1.50. The van der Waals surface area contributed by atoms with Crippen molar-refractivity contribution in [3.8, 4) is 5.75 Å². The number of ketones is 1. The molecule has 5 rings (SSSR count). The zero-order chi connectivity index (χ0) is 31.3. The van der Waals surface area contributed by atoms with Crippen molar-refractivity contribution in [2.75, 3.05) is 57.3 Å². The van der Waals surface area contributed by atoms with Crippen LogP contribution >= 0.6 is 11.8 Å². The van der Waals surface area contributed by atoms with Crippen LogP contribution in [-0.4, -0.2) is 80.1 Å². The van der Waals surface area contributed by atoms with E-state index < -0.39 is 23.8 Å². The Bertz CT molecular complexity index is 1460. The van der Waals surface area contributed by atoms with Gasteiger partial charge in [-0.3, -0.25) is 9.69 Å². The maximum Gasteiger partial charge on any atom is 0.416 e. The number of piperazine rings is 1. The van der Waals surface area contributed by atoms with E-state index in [0.717, 1.165) is 60.7 Å². The van der Waals surface area contributed by atoms with Gasteiger partial charge in [0.2, 0.25) is 0 Å². The standard InChI is InChI=1S/C33H36F3N3O4S/c1-23(40)25-8-11-27(12-9-25)43-24(2)32(41)42-21-20-38-18-16-37(17-19-38)14-5-15-39-28-6-3-4-7-30(28)44-31-13-10-26(22-29(31)39)33(34,35)36/h3-4,6-13,22,24H,5,14-21H2,1-2H3. The van der Waals surface area contributed by atoms with Crippen molar-refractivity contribution in [1.82, 2.24) is 9.80 Å². The molecule has 3 aromatic carbocycles. The zero-order valence-electron chi connectivity index (χ0n) is 24.8. The van der Waals surface area contributed by atoms with Crippen molar-refractivity contribution in [3.05, 3.63) is 77.9 Å². The highest BCUT2D eigenvalue weighted by atomic mass is 32.2. The number of alkyl halides is 3. The first-order chi connectivity index (χ1) is 21.1. The highest BCUT2D eigenvalue weighted by Crippen LogP contribution is 2.49. The average molecular weight is 628 g/mol. The highest BCUT2D eigenvalue weighted by Gasteiger charge is 2.33. The summed E-state index contributed by atoms with van der Waals surface area (Å²) in [4.78, 5) is 32.3. The van der Waals surface area contributed by atoms with E-state index in [4.69, 9.17) is 9.47 Å². The topological polar surface area (TPSA) is 62.3 Å². The predicted octanol–water partition coefficient (Wildman–Crippen LogP) is 6.53. The van der Waals surface area contributed by atoms with Gasteiger partial charge in [0.05, 0.1) is 16.9 Å². The summed E-state index contributed by atoms with van der Waals surface area (Å²) in [5.41, 5.74) is 1.49.